The second-order valence-corrected chi connectivity index (χ2v) is 4.65. The van der Waals surface area contributed by atoms with Gasteiger partial charge in [-0.1, -0.05) is 6.07 Å². The number of anilines is 1. The normalized spacial score (nSPS) is 12.1. The molecule has 0 aliphatic heterocycles. The summed E-state index contributed by atoms with van der Waals surface area (Å²) in [6.07, 6.45) is -0.917. The number of carbonyl (C=O) groups excluding carboxylic acids is 1. The van der Waals surface area contributed by atoms with Gasteiger partial charge in [-0.3, -0.25) is 4.79 Å². The van der Waals surface area contributed by atoms with Crippen molar-refractivity contribution in [3.63, 3.8) is 0 Å². The molecule has 0 spiro atoms. The number of hydrogen-bond acceptors (Lipinski definition) is 3. The average Bonchev–Trinajstić information content (AvgIpc) is 2.34. The van der Waals surface area contributed by atoms with Gasteiger partial charge in [0.1, 0.15) is 5.82 Å². The Kier molecular flexibility index (Phi) is 5.30. The van der Waals surface area contributed by atoms with Crippen LogP contribution in [0, 0.1) is 5.82 Å². The van der Waals surface area contributed by atoms with Gasteiger partial charge in [-0.2, -0.15) is 0 Å². The van der Waals surface area contributed by atoms with Gasteiger partial charge in [-0.25, -0.2) is 4.39 Å². The summed E-state index contributed by atoms with van der Waals surface area (Å²) in [6, 6.07) is 4.62. The topological polar surface area (TPSA) is 43.8 Å². The minimum absolute atomic E-state index is 0.0670. The zero-order valence-electron chi connectivity index (χ0n) is 11.9. The molecule has 1 aromatic rings. The maximum absolute atomic E-state index is 13.8. The van der Waals surface area contributed by atoms with Crippen LogP contribution in [0.2, 0.25) is 0 Å². The third kappa shape index (κ3) is 3.67. The zero-order chi connectivity index (χ0) is 14.6. The van der Waals surface area contributed by atoms with Crippen molar-refractivity contribution in [1.82, 2.24) is 4.90 Å². The summed E-state index contributed by atoms with van der Waals surface area (Å²) in [5, 5.41) is 9.71. The Morgan fingerprint density at radius 1 is 1.42 bits per heavy atom. The van der Waals surface area contributed by atoms with Gasteiger partial charge < -0.3 is 14.9 Å². The molecule has 0 aliphatic carbocycles. The average molecular weight is 268 g/mol. The number of benzene rings is 1. The van der Waals surface area contributed by atoms with E-state index in [1.54, 1.807) is 31.1 Å². The van der Waals surface area contributed by atoms with Crippen LogP contribution in [0.1, 0.15) is 25.5 Å². The van der Waals surface area contributed by atoms with Gasteiger partial charge in [-0.05, 0) is 26.0 Å². The minimum atomic E-state index is -0.917. The van der Waals surface area contributed by atoms with E-state index in [0.29, 0.717) is 12.2 Å². The molecule has 0 heterocycles. The van der Waals surface area contributed by atoms with Crippen molar-refractivity contribution in [3.8, 4) is 0 Å². The SMILES string of the molecule is CCN(CC(=O)N(C)C)c1cccc(F)c1[C@H](C)O. The molecule has 0 radical (unpaired) electrons. The Bertz CT molecular complexity index is 447. The summed E-state index contributed by atoms with van der Waals surface area (Å²) >= 11 is 0. The smallest absolute Gasteiger partial charge is 0.241 e. The Balaban J connectivity index is 3.11. The number of likely N-dealkylation sites (N-methyl/N-ethyl adjacent to an activating group) is 2. The van der Waals surface area contributed by atoms with Crippen LogP contribution in [-0.4, -0.2) is 43.1 Å². The fraction of sp³-hybridized carbons (Fsp3) is 0.500. The molecule has 1 atom stereocenters. The summed E-state index contributed by atoms with van der Waals surface area (Å²) in [7, 11) is 3.36. The van der Waals surface area contributed by atoms with E-state index in [1.165, 1.54) is 17.9 Å². The highest BCUT2D eigenvalue weighted by Gasteiger charge is 2.19. The van der Waals surface area contributed by atoms with Crippen LogP contribution in [0.15, 0.2) is 18.2 Å². The van der Waals surface area contributed by atoms with Crippen molar-refractivity contribution in [2.24, 2.45) is 0 Å². The molecule has 0 saturated carbocycles. The maximum atomic E-state index is 13.8. The number of hydrogen-bond donors (Lipinski definition) is 1. The summed E-state index contributed by atoms with van der Waals surface area (Å²) < 4.78 is 13.8. The summed E-state index contributed by atoms with van der Waals surface area (Å²) in [5.74, 6) is -0.522. The van der Waals surface area contributed by atoms with Gasteiger partial charge in [-0.15, -0.1) is 0 Å². The molecule has 1 amide bonds. The lowest BCUT2D eigenvalue weighted by molar-refractivity contribution is -0.127. The zero-order valence-corrected chi connectivity index (χ0v) is 11.9. The number of amides is 1. The predicted molar refractivity (Wildman–Crippen MR) is 73.6 cm³/mol. The first-order valence-electron chi connectivity index (χ1n) is 6.30. The molecule has 0 aliphatic rings. The molecule has 1 aromatic carbocycles. The van der Waals surface area contributed by atoms with Crippen molar-refractivity contribution in [2.75, 3.05) is 32.1 Å². The highest BCUT2D eigenvalue weighted by atomic mass is 19.1. The van der Waals surface area contributed by atoms with Crippen molar-refractivity contribution < 1.29 is 14.3 Å². The number of aliphatic hydroxyl groups is 1. The van der Waals surface area contributed by atoms with Gasteiger partial charge in [0.15, 0.2) is 0 Å². The van der Waals surface area contributed by atoms with E-state index < -0.39 is 11.9 Å². The van der Waals surface area contributed by atoms with E-state index in [-0.39, 0.29) is 18.0 Å². The van der Waals surface area contributed by atoms with E-state index in [2.05, 4.69) is 0 Å². The molecule has 0 bridgehead atoms. The fourth-order valence-electron chi connectivity index (χ4n) is 1.89. The molecule has 0 aromatic heterocycles. The number of aliphatic hydroxyl groups excluding tert-OH is 1. The van der Waals surface area contributed by atoms with E-state index in [1.807, 2.05) is 6.92 Å². The minimum Gasteiger partial charge on any atom is -0.389 e. The summed E-state index contributed by atoms with van der Waals surface area (Å²) in [4.78, 5) is 15.0. The molecule has 1 rings (SSSR count). The predicted octanol–water partition coefficient (Wildman–Crippen LogP) is 1.79. The maximum Gasteiger partial charge on any atom is 0.241 e. The lowest BCUT2D eigenvalue weighted by Crippen LogP contribution is -2.37. The molecule has 0 unspecified atom stereocenters. The van der Waals surface area contributed by atoms with Crippen LogP contribution >= 0.6 is 0 Å². The third-order valence-corrected chi connectivity index (χ3v) is 3.00. The lowest BCUT2D eigenvalue weighted by atomic mass is 10.1. The molecular weight excluding hydrogens is 247 g/mol. The van der Waals surface area contributed by atoms with Crippen molar-refractivity contribution in [3.05, 3.63) is 29.6 Å². The van der Waals surface area contributed by atoms with Gasteiger partial charge >= 0.3 is 0 Å². The second-order valence-electron chi connectivity index (χ2n) is 4.65. The molecule has 0 saturated heterocycles. The Morgan fingerprint density at radius 2 is 2.05 bits per heavy atom. The first-order chi connectivity index (χ1) is 8.88. The largest absolute Gasteiger partial charge is 0.389 e. The lowest BCUT2D eigenvalue weighted by Gasteiger charge is -2.27. The van der Waals surface area contributed by atoms with Gasteiger partial charge in [0.05, 0.1) is 12.6 Å². The van der Waals surface area contributed by atoms with Crippen LogP contribution in [-0.2, 0) is 4.79 Å². The van der Waals surface area contributed by atoms with Crippen LogP contribution in [0.25, 0.3) is 0 Å². The number of carbonyl (C=O) groups is 1. The van der Waals surface area contributed by atoms with E-state index in [9.17, 15) is 14.3 Å². The van der Waals surface area contributed by atoms with E-state index in [4.69, 9.17) is 0 Å². The Morgan fingerprint density at radius 3 is 2.53 bits per heavy atom. The molecule has 5 heteroatoms. The first-order valence-corrected chi connectivity index (χ1v) is 6.30. The van der Waals surface area contributed by atoms with Gasteiger partial charge in [0.25, 0.3) is 0 Å². The molecule has 106 valence electrons. The van der Waals surface area contributed by atoms with Crippen LogP contribution in [0.3, 0.4) is 0 Å². The Hall–Kier alpha value is -1.62. The number of nitrogens with zero attached hydrogens (tertiary/aromatic N) is 2. The molecule has 0 fully saturated rings. The summed E-state index contributed by atoms with van der Waals surface area (Å²) in [6.45, 7) is 4.12. The quantitative estimate of drug-likeness (QED) is 0.885. The van der Waals surface area contributed by atoms with Crippen LogP contribution in [0.4, 0.5) is 10.1 Å². The van der Waals surface area contributed by atoms with Gasteiger partial charge in [0, 0.05) is 31.9 Å². The highest BCUT2D eigenvalue weighted by Crippen LogP contribution is 2.28. The van der Waals surface area contributed by atoms with Crippen LogP contribution in [0.5, 0.6) is 0 Å². The fourth-order valence-corrected chi connectivity index (χ4v) is 1.89. The number of halogens is 1. The van der Waals surface area contributed by atoms with E-state index in [0.717, 1.165) is 0 Å². The summed E-state index contributed by atoms with van der Waals surface area (Å²) in [5.41, 5.74) is 0.795. The van der Waals surface area contributed by atoms with Crippen molar-refractivity contribution in [1.29, 1.82) is 0 Å². The van der Waals surface area contributed by atoms with Crippen molar-refractivity contribution in [2.45, 2.75) is 20.0 Å². The second kappa shape index (κ2) is 6.52. The first kappa shape index (κ1) is 15.4. The highest BCUT2D eigenvalue weighted by molar-refractivity contribution is 5.81. The van der Waals surface area contributed by atoms with Gasteiger partial charge in [0.2, 0.25) is 5.91 Å². The van der Waals surface area contributed by atoms with Crippen molar-refractivity contribution >= 4 is 11.6 Å². The molecular formula is C14H21FN2O2. The molecule has 4 nitrogen and oxygen atoms in total. The third-order valence-electron chi connectivity index (χ3n) is 3.00. The monoisotopic (exact) mass is 268 g/mol. The molecule has 1 N–H and O–H groups in total. The van der Waals surface area contributed by atoms with Crippen LogP contribution < -0.4 is 4.90 Å². The number of rotatable bonds is 5. The van der Waals surface area contributed by atoms with E-state index >= 15 is 0 Å². The standard InChI is InChI=1S/C14H21FN2O2/c1-5-17(9-13(19)16(3)4)12-8-6-7-11(15)14(12)10(2)18/h6-8,10,18H,5,9H2,1-4H3/t10-/m0/s1. The Labute approximate surface area is 113 Å². The molecule has 19 heavy (non-hydrogen) atoms.